The van der Waals surface area contributed by atoms with Crippen LogP contribution in [0.4, 0.5) is 23.2 Å². The van der Waals surface area contributed by atoms with E-state index in [0.717, 1.165) is 0 Å². The lowest BCUT2D eigenvalue weighted by molar-refractivity contribution is -0.135. The summed E-state index contributed by atoms with van der Waals surface area (Å²) in [6.07, 6.45) is -4.59. The third-order valence-electron chi connectivity index (χ3n) is 5.10. The van der Waals surface area contributed by atoms with Gasteiger partial charge in [-0.05, 0) is 63.2 Å². The topological polar surface area (TPSA) is 69.9 Å². The maximum Gasteiger partial charge on any atom is 0.419 e. The SMILES string of the molecule is Cc1cc2c(C(F)(F)F)c(N)ccc2n1C(C)(C)c1nc(-c2ccc(F)cc2)no1. The highest BCUT2D eigenvalue weighted by molar-refractivity contribution is 5.90. The Morgan fingerprint density at radius 2 is 1.70 bits per heavy atom. The van der Waals surface area contributed by atoms with E-state index >= 15 is 0 Å². The first kappa shape index (κ1) is 19.9. The molecule has 0 aliphatic heterocycles. The zero-order chi connectivity index (χ0) is 21.8. The molecule has 0 atom stereocenters. The molecule has 0 radical (unpaired) electrons. The summed E-state index contributed by atoms with van der Waals surface area (Å²) >= 11 is 0. The number of hydrogen-bond donors (Lipinski definition) is 1. The lowest BCUT2D eigenvalue weighted by Crippen LogP contribution is -2.29. The second-order valence-electron chi connectivity index (χ2n) is 7.57. The molecule has 0 amide bonds. The lowest BCUT2D eigenvalue weighted by atomic mass is 10.0. The van der Waals surface area contributed by atoms with E-state index in [1.165, 1.54) is 36.4 Å². The predicted octanol–water partition coefficient (Wildman–Crippen LogP) is 5.52. The van der Waals surface area contributed by atoms with Gasteiger partial charge < -0.3 is 14.8 Å². The summed E-state index contributed by atoms with van der Waals surface area (Å²) in [5, 5.41) is 3.96. The van der Waals surface area contributed by atoms with Crippen LogP contribution in [0.2, 0.25) is 0 Å². The number of nitrogen functional groups attached to an aromatic ring is 1. The minimum Gasteiger partial charge on any atom is -0.398 e. The number of alkyl halides is 3. The molecule has 0 fully saturated rings. The molecule has 156 valence electrons. The van der Waals surface area contributed by atoms with Gasteiger partial charge in [-0.3, -0.25) is 0 Å². The van der Waals surface area contributed by atoms with Crippen molar-refractivity contribution in [2.75, 3.05) is 5.73 Å². The van der Waals surface area contributed by atoms with Gasteiger partial charge in [0, 0.05) is 27.8 Å². The Morgan fingerprint density at radius 3 is 2.33 bits per heavy atom. The number of nitrogens with zero attached hydrogens (tertiary/aromatic N) is 3. The lowest BCUT2D eigenvalue weighted by Gasteiger charge is -2.26. The number of aryl methyl sites for hydroxylation is 1. The summed E-state index contributed by atoms with van der Waals surface area (Å²) in [5.41, 5.74) is 4.96. The van der Waals surface area contributed by atoms with Gasteiger partial charge in [0.15, 0.2) is 0 Å². The van der Waals surface area contributed by atoms with Gasteiger partial charge in [0.2, 0.25) is 5.82 Å². The number of fused-ring (bicyclic) bond motifs is 1. The number of aromatic nitrogens is 3. The van der Waals surface area contributed by atoms with Crippen LogP contribution in [0, 0.1) is 12.7 Å². The molecule has 5 nitrogen and oxygen atoms in total. The van der Waals surface area contributed by atoms with Gasteiger partial charge in [-0.25, -0.2) is 4.39 Å². The van der Waals surface area contributed by atoms with E-state index in [4.69, 9.17) is 10.3 Å². The molecular formula is C21H18F4N4O. The molecule has 2 aromatic carbocycles. The molecule has 2 heterocycles. The monoisotopic (exact) mass is 418 g/mol. The van der Waals surface area contributed by atoms with E-state index in [1.54, 1.807) is 31.4 Å². The predicted molar refractivity (Wildman–Crippen MR) is 104 cm³/mol. The minimum absolute atomic E-state index is 0.00588. The molecule has 2 N–H and O–H groups in total. The van der Waals surface area contributed by atoms with Crippen molar-refractivity contribution < 1.29 is 22.1 Å². The van der Waals surface area contributed by atoms with Crippen molar-refractivity contribution in [3.8, 4) is 11.4 Å². The normalized spacial score (nSPS) is 12.6. The average molecular weight is 418 g/mol. The molecule has 2 aromatic heterocycles. The first-order valence-corrected chi connectivity index (χ1v) is 9.08. The number of nitrogens with two attached hydrogens (primary N) is 1. The molecule has 9 heteroatoms. The number of rotatable bonds is 3. The first-order valence-electron chi connectivity index (χ1n) is 9.08. The van der Waals surface area contributed by atoms with Crippen LogP contribution in [0.15, 0.2) is 47.0 Å². The summed E-state index contributed by atoms with van der Waals surface area (Å²) in [5.74, 6) is 0.0669. The number of benzene rings is 2. The van der Waals surface area contributed by atoms with E-state index in [-0.39, 0.29) is 22.8 Å². The third kappa shape index (κ3) is 3.10. The van der Waals surface area contributed by atoms with Gasteiger partial charge >= 0.3 is 6.18 Å². The molecule has 0 saturated heterocycles. The summed E-state index contributed by atoms with van der Waals surface area (Å²) in [6.45, 7) is 5.24. The second-order valence-corrected chi connectivity index (χ2v) is 7.57. The molecular weight excluding hydrogens is 400 g/mol. The Labute approximate surface area is 169 Å². The fourth-order valence-electron chi connectivity index (χ4n) is 3.77. The summed E-state index contributed by atoms with van der Waals surface area (Å²) in [4.78, 5) is 4.41. The van der Waals surface area contributed by atoms with Crippen molar-refractivity contribution in [2.24, 2.45) is 0 Å². The van der Waals surface area contributed by atoms with Crippen LogP contribution < -0.4 is 5.73 Å². The number of hydrogen-bond acceptors (Lipinski definition) is 4. The second kappa shape index (κ2) is 6.58. The fraction of sp³-hybridized carbons (Fsp3) is 0.238. The Morgan fingerprint density at radius 1 is 1.03 bits per heavy atom. The van der Waals surface area contributed by atoms with Gasteiger partial charge in [0.1, 0.15) is 11.4 Å². The van der Waals surface area contributed by atoms with Crippen LogP contribution in [-0.4, -0.2) is 14.7 Å². The number of halogens is 4. The van der Waals surface area contributed by atoms with Gasteiger partial charge in [-0.2, -0.15) is 18.2 Å². The van der Waals surface area contributed by atoms with Crippen molar-refractivity contribution in [2.45, 2.75) is 32.5 Å². The minimum atomic E-state index is -4.59. The van der Waals surface area contributed by atoms with Crippen molar-refractivity contribution in [1.29, 1.82) is 0 Å². The molecule has 0 bridgehead atoms. The van der Waals surface area contributed by atoms with Crippen LogP contribution in [0.1, 0.15) is 31.0 Å². The zero-order valence-corrected chi connectivity index (χ0v) is 16.4. The van der Waals surface area contributed by atoms with Crippen molar-refractivity contribution in [1.82, 2.24) is 14.7 Å². The maximum absolute atomic E-state index is 13.6. The third-order valence-corrected chi connectivity index (χ3v) is 5.10. The summed E-state index contributed by atoms with van der Waals surface area (Å²) < 4.78 is 61.1. The zero-order valence-electron chi connectivity index (χ0n) is 16.4. The van der Waals surface area contributed by atoms with Crippen LogP contribution in [0.3, 0.4) is 0 Å². The molecule has 0 spiro atoms. The number of anilines is 1. The van der Waals surface area contributed by atoms with Crippen LogP contribution in [0.5, 0.6) is 0 Å². The van der Waals surface area contributed by atoms with Gasteiger partial charge in [-0.15, -0.1) is 0 Å². The van der Waals surface area contributed by atoms with Crippen molar-refractivity contribution in [3.63, 3.8) is 0 Å². The van der Waals surface area contributed by atoms with Crippen molar-refractivity contribution >= 4 is 16.6 Å². The highest BCUT2D eigenvalue weighted by atomic mass is 19.4. The van der Waals surface area contributed by atoms with Crippen molar-refractivity contribution in [3.05, 3.63) is 65.4 Å². The van der Waals surface area contributed by atoms with Crippen LogP contribution in [0.25, 0.3) is 22.3 Å². The quantitative estimate of drug-likeness (QED) is 0.351. The van der Waals surface area contributed by atoms with E-state index in [0.29, 0.717) is 16.8 Å². The van der Waals surface area contributed by atoms with Crippen LogP contribution >= 0.6 is 0 Å². The summed E-state index contributed by atoms with van der Waals surface area (Å²) in [7, 11) is 0. The molecule has 0 aliphatic carbocycles. The van der Waals surface area contributed by atoms with Gasteiger partial charge in [0.05, 0.1) is 5.56 Å². The standard InChI is InChI=1S/C21H18F4N4O/c1-11-10-14-16(9-8-15(26)17(14)21(23,24)25)29(11)20(2,3)19-27-18(28-30-19)12-4-6-13(22)7-5-12/h4-10H,26H2,1-3H3. The van der Waals surface area contributed by atoms with E-state index in [1.807, 2.05) is 0 Å². The summed E-state index contributed by atoms with van der Waals surface area (Å²) in [6, 6.07) is 9.85. The molecule has 0 aliphatic rings. The van der Waals surface area contributed by atoms with Gasteiger partial charge in [-0.1, -0.05) is 5.16 Å². The molecule has 0 saturated carbocycles. The van der Waals surface area contributed by atoms with E-state index in [2.05, 4.69) is 10.1 Å². The largest absolute Gasteiger partial charge is 0.419 e. The molecule has 30 heavy (non-hydrogen) atoms. The van der Waals surface area contributed by atoms with E-state index in [9.17, 15) is 17.6 Å². The molecule has 4 aromatic rings. The first-order chi connectivity index (χ1) is 14.0. The molecule has 4 rings (SSSR count). The van der Waals surface area contributed by atoms with Gasteiger partial charge in [0.25, 0.3) is 5.89 Å². The Hall–Kier alpha value is -3.36. The fourth-order valence-corrected chi connectivity index (χ4v) is 3.77. The maximum atomic E-state index is 13.6. The average Bonchev–Trinajstić information content (AvgIpc) is 3.26. The Bertz CT molecular complexity index is 1240. The Kier molecular flexibility index (Phi) is 4.37. The Balaban J connectivity index is 1.86. The highest BCUT2D eigenvalue weighted by Gasteiger charge is 2.38. The highest BCUT2D eigenvalue weighted by Crippen LogP contribution is 2.42. The molecule has 0 unspecified atom stereocenters. The smallest absolute Gasteiger partial charge is 0.398 e. The van der Waals surface area contributed by atoms with E-state index < -0.39 is 23.1 Å². The van der Waals surface area contributed by atoms with Crippen LogP contribution in [-0.2, 0) is 11.7 Å².